The Morgan fingerprint density at radius 1 is 1.16 bits per heavy atom. The maximum Gasteiger partial charge on any atom is 0.338 e. The van der Waals surface area contributed by atoms with E-state index in [-0.39, 0.29) is 12.5 Å². The summed E-state index contributed by atoms with van der Waals surface area (Å²) in [6.45, 7) is 4.07. The summed E-state index contributed by atoms with van der Waals surface area (Å²) in [6, 6.07) is 14.3. The molecule has 1 amide bonds. The lowest BCUT2D eigenvalue weighted by molar-refractivity contribution is -0.126. The third-order valence-corrected chi connectivity index (χ3v) is 5.04. The predicted octanol–water partition coefficient (Wildman–Crippen LogP) is 3.48. The average molecular weight is 421 g/mol. The monoisotopic (exact) mass is 421 g/mol. The Bertz CT molecular complexity index is 1080. The van der Waals surface area contributed by atoms with E-state index in [4.69, 9.17) is 14.0 Å². The molecule has 0 bridgehead atoms. The van der Waals surface area contributed by atoms with Crippen molar-refractivity contribution in [2.45, 2.75) is 39.4 Å². The van der Waals surface area contributed by atoms with Gasteiger partial charge in [-0.15, -0.1) is 0 Å². The van der Waals surface area contributed by atoms with Gasteiger partial charge in [0.15, 0.2) is 12.7 Å². The van der Waals surface area contributed by atoms with Crippen molar-refractivity contribution in [1.82, 2.24) is 10.1 Å². The number of amides is 1. The fraction of sp³-hybridized carbons (Fsp3) is 0.304. The van der Waals surface area contributed by atoms with Crippen molar-refractivity contribution < 1.29 is 23.6 Å². The smallest absolute Gasteiger partial charge is 0.338 e. The van der Waals surface area contributed by atoms with E-state index in [1.165, 1.54) is 0 Å². The van der Waals surface area contributed by atoms with Gasteiger partial charge in [-0.25, -0.2) is 4.79 Å². The van der Waals surface area contributed by atoms with Crippen molar-refractivity contribution >= 4 is 17.6 Å². The zero-order chi connectivity index (χ0) is 21.8. The lowest BCUT2D eigenvalue weighted by Gasteiger charge is -2.31. The first-order chi connectivity index (χ1) is 15.0. The fourth-order valence-corrected chi connectivity index (χ4v) is 3.50. The fourth-order valence-electron chi connectivity index (χ4n) is 3.50. The molecule has 3 aromatic rings. The van der Waals surface area contributed by atoms with Crippen LogP contribution in [0.2, 0.25) is 0 Å². The van der Waals surface area contributed by atoms with Gasteiger partial charge in [0.1, 0.15) is 5.75 Å². The summed E-state index contributed by atoms with van der Waals surface area (Å²) < 4.78 is 15.9. The maximum absolute atomic E-state index is 12.9. The quantitative estimate of drug-likeness (QED) is 0.562. The number of para-hydroxylation sites is 1. The molecule has 4 rings (SSSR count). The third-order valence-electron chi connectivity index (χ3n) is 5.04. The van der Waals surface area contributed by atoms with Gasteiger partial charge in [-0.05, 0) is 55.7 Å². The SMILES string of the molecule is Cc1nc(COc2ccc(C(=O)OC(C)C(=O)N3CCCc4ccccc43)cc2)no1. The van der Waals surface area contributed by atoms with Crippen molar-refractivity contribution in [3.63, 3.8) is 0 Å². The van der Waals surface area contributed by atoms with Crippen molar-refractivity contribution in [1.29, 1.82) is 0 Å². The summed E-state index contributed by atoms with van der Waals surface area (Å²) in [5, 5.41) is 3.76. The van der Waals surface area contributed by atoms with E-state index in [1.54, 1.807) is 43.0 Å². The Kier molecular flexibility index (Phi) is 5.97. The summed E-state index contributed by atoms with van der Waals surface area (Å²) >= 11 is 0. The van der Waals surface area contributed by atoms with Crippen molar-refractivity contribution in [2.24, 2.45) is 0 Å². The Morgan fingerprint density at radius 2 is 1.94 bits per heavy atom. The lowest BCUT2D eigenvalue weighted by atomic mass is 10.0. The highest BCUT2D eigenvalue weighted by atomic mass is 16.5. The van der Waals surface area contributed by atoms with E-state index in [0.717, 1.165) is 24.1 Å². The molecular weight excluding hydrogens is 398 g/mol. The predicted molar refractivity (Wildman–Crippen MR) is 112 cm³/mol. The number of aryl methyl sites for hydroxylation is 2. The summed E-state index contributed by atoms with van der Waals surface area (Å²) in [5.41, 5.74) is 2.36. The van der Waals surface area contributed by atoms with E-state index in [2.05, 4.69) is 10.1 Å². The number of carbonyl (C=O) groups excluding carboxylic acids is 2. The number of fused-ring (bicyclic) bond motifs is 1. The van der Waals surface area contributed by atoms with Gasteiger partial charge in [-0.3, -0.25) is 4.79 Å². The topological polar surface area (TPSA) is 94.8 Å². The summed E-state index contributed by atoms with van der Waals surface area (Å²) in [6.07, 6.45) is 0.930. The van der Waals surface area contributed by atoms with Gasteiger partial charge in [-0.1, -0.05) is 23.4 Å². The third kappa shape index (κ3) is 4.74. The van der Waals surface area contributed by atoms with E-state index in [0.29, 0.717) is 29.6 Å². The van der Waals surface area contributed by atoms with Gasteiger partial charge in [0, 0.05) is 19.2 Å². The van der Waals surface area contributed by atoms with E-state index in [1.807, 2.05) is 24.3 Å². The van der Waals surface area contributed by atoms with Crippen LogP contribution in [0.3, 0.4) is 0 Å². The molecule has 160 valence electrons. The molecule has 2 heterocycles. The molecule has 0 saturated heterocycles. The lowest BCUT2D eigenvalue weighted by Crippen LogP contribution is -2.42. The molecule has 0 spiro atoms. The number of esters is 1. The Morgan fingerprint density at radius 3 is 2.68 bits per heavy atom. The highest BCUT2D eigenvalue weighted by Crippen LogP contribution is 2.27. The van der Waals surface area contributed by atoms with Gasteiger partial charge in [0.2, 0.25) is 11.7 Å². The second kappa shape index (κ2) is 8.99. The molecule has 1 atom stereocenters. The molecule has 2 aromatic carbocycles. The van der Waals surface area contributed by atoms with Crippen molar-refractivity contribution in [3.8, 4) is 5.75 Å². The van der Waals surface area contributed by atoms with Crippen LogP contribution < -0.4 is 9.64 Å². The molecule has 1 aromatic heterocycles. The molecule has 1 aliphatic heterocycles. The zero-order valence-corrected chi connectivity index (χ0v) is 17.4. The molecule has 0 N–H and O–H groups in total. The minimum absolute atomic E-state index is 0.157. The van der Waals surface area contributed by atoms with E-state index < -0.39 is 12.1 Å². The van der Waals surface area contributed by atoms with E-state index in [9.17, 15) is 9.59 Å². The average Bonchev–Trinajstić information content (AvgIpc) is 3.22. The van der Waals surface area contributed by atoms with Crippen molar-refractivity contribution in [3.05, 3.63) is 71.4 Å². The molecule has 0 aliphatic carbocycles. The van der Waals surface area contributed by atoms with Gasteiger partial charge in [0.25, 0.3) is 5.91 Å². The van der Waals surface area contributed by atoms with Crippen molar-refractivity contribution in [2.75, 3.05) is 11.4 Å². The second-order valence-electron chi connectivity index (χ2n) is 7.31. The van der Waals surface area contributed by atoms with Crippen LogP contribution in [-0.2, 0) is 22.6 Å². The van der Waals surface area contributed by atoms with Gasteiger partial charge in [-0.2, -0.15) is 4.98 Å². The van der Waals surface area contributed by atoms with Crippen LogP contribution in [0.25, 0.3) is 0 Å². The van der Waals surface area contributed by atoms with Gasteiger partial charge < -0.3 is 18.9 Å². The van der Waals surface area contributed by atoms with E-state index >= 15 is 0 Å². The number of nitrogens with zero attached hydrogens (tertiary/aromatic N) is 3. The first-order valence-electron chi connectivity index (χ1n) is 10.1. The minimum Gasteiger partial charge on any atom is -0.485 e. The first kappa shape index (κ1) is 20.6. The molecule has 1 unspecified atom stereocenters. The molecule has 0 radical (unpaired) electrons. The van der Waals surface area contributed by atoms with Crippen LogP contribution in [0.4, 0.5) is 5.69 Å². The van der Waals surface area contributed by atoms with Crippen LogP contribution in [-0.4, -0.2) is 34.7 Å². The van der Waals surface area contributed by atoms with Crippen LogP contribution in [0.5, 0.6) is 5.75 Å². The molecule has 8 nitrogen and oxygen atoms in total. The number of anilines is 1. The van der Waals surface area contributed by atoms with Crippen LogP contribution >= 0.6 is 0 Å². The number of hydrogen-bond donors (Lipinski definition) is 0. The summed E-state index contributed by atoms with van der Waals surface area (Å²) in [5.74, 6) is 0.663. The number of aromatic nitrogens is 2. The zero-order valence-electron chi connectivity index (χ0n) is 17.4. The normalized spacial score (nSPS) is 13.9. The van der Waals surface area contributed by atoms with Crippen LogP contribution in [0.1, 0.15) is 41.0 Å². The molecular formula is C23H23N3O5. The Balaban J connectivity index is 1.35. The molecule has 0 fully saturated rings. The number of ether oxygens (including phenoxy) is 2. The largest absolute Gasteiger partial charge is 0.485 e. The van der Waals surface area contributed by atoms with Gasteiger partial charge in [0.05, 0.1) is 5.56 Å². The standard InChI is InChI=1S/C23H23N3O5/c1-15(22(27)26-13-5-7-17-6-3-4-8-20(17)26)30-23(28)18-9-11-19(12-10-18)29-14-21-24-16(2)31-25-21/h3-4,6,8-12,15H,5,7,13-14H2,1-2H3. The summed E-state index contributed by atoms with van der Waals surface area (Å²) in [4.78, 5) is 31.2. The Hall–Kier alpha value is -3.68. The second-order valence-corrected chi connectivity index (χ2v) is 7.31. The number of benzene rings is 2. The first-order valence-corrected chi connectivity index (χ1v) is 10.1. The minimum atomic E-state index is -0.893. The van der Waals surface area contributed by atoms with Crippen LogP contribution in [0, 0.1) is 6.92 Å². The molecule has 1 aliphatic rings. The number of carbonyl (C=O) groups is 2. The van der Waals surface area contributed by atoms with Gasteiger partial charge >= 0.3 is 5.97 Å². The number of hydrogen-bond acceptors (Lipinski definition) is 7. The van der Waals surface area contributed by atoms with Crippen LogP contribution in [0.15, 0.2) is 53.1 Å². The Labute approximate surface area is 179 Å². The maximum atomic E-state index is 12.9. The molecule has 8 heteroatoms. The molecule has 31 heavy (non-hydrogen) atoms. The highest BCUT2D eigenvalue weighted by Gasteiger charge is 2.28. The molecule has 0 saturated carbocycles. The number of rotatable bonds is 6. The highest BCUT2D eigenvalue weighted by molar-refractivity contribution is 5.99. The summed E-state index contributed by atoms with van der Waals surface area (Å²) in [7, 11) is 0.